The molecule has 1 aromatic rings. The minimum absolute atomic E-state index is 0.00352. The van der Waals surface area contributed by atoms with Gasteiger partial charge in [-0.3, -0.25) is 4.68 Å². The Bertz CT molecular complexity index is 717. The quantitative estimate of drug-likeness (QED) is 0.593. The van der Waals surface area contributed by atoms with E-state index in [9.17, 15) is 18.0 Å². The second-order valence-electron chi connectivity index (χ2n) is 7.60. The van der Waals surface area contributed by atoms with Crippen LogP contribution in [0.5, 0.6) is 0 Å². The molecule has 1 fully saturated rings. The zero-order valence-electron chi connectivity index (χ0n) is 16.7. The first kappa shape index (κ1) is 21.8. The minimum Gasteiger partial charge on any atom is -0.444 e. The fourth-order valence-electron chi connectivity index (χ4n) is 2.61. The van der Waals surface area contributed by atoms with Crippen molar-refractivity contribution in [2.75, 3.05) is 19.6 Å². The van der Waals surface area contributed by atoms with Gasteiger partial charge in [0.2, 0.25) is 0 Å². The fourth-order valence-corrected chi connectivity index (χ4v) is 2.61. The predicted octanol–water partition coefficient (Wildman–Crippen LogP) is 2.11. The van der Waals surface area contributed by atoms with Gasteiger partial charge in [-0.25, -0.2) is 9.79 Å². The van der Waals surface area contributed by atoms with Crippen LogP contribution in [0, 0.1) is 0 Å². The lowest BCUT2D eigenvalue weighted by Crippen LogP contribution is -2.63. The van der Waals surface area contributed by atoms with Gasteiger partial charge in [-0.15, -0.1) is 0 Å². The third-order valence-electron chi connectivity index (χ3n) is 3.80. The zero-order chi connectivity index (χ0) is 21.1. The summed E-state index contributed by atoms with van der Waals surface area (Å²) in [7, 11) is 1.44. The van der Waals surface area contributed by atoms with Gasteiger partial charge >= 0.3 is 12.3 Å². The van der Waals surface area contributed by atoms with Crippen LogP contribution in [0.15, 0.2) is 11.2 Å². The topological polar surface area (TPSA) is 83.8 Å². The third-order valence-corrected chi connectivity index (χ3v) is 3.80. The Morgan fingerprint density at radius 2 is 2.00 bits per heavy atom. The summed E-state index contributed by atoms with van der Waals surface area (Å²) in [5.74, 6) is 0.383. The van der Waals surface area contributed by atoms with Crippen molar-refractivity contribution < 1.29 is 22.7 Å². The van der Waals surface area contributed by atoms with E-state index in [1.807, 2.05) is 6.92 Å². The summed E-state index contributed by atoms with van der Waals surface area (Å²) in [5.41, 5.74) is -1.50. The number of aryl methyl sites for hydroxylation is 1. The lowest BCUT2D eigenvalue weighted by molar-refractivity contribution is -0.142. The maximum Gasteiger partial charge on any atom is 0.435 e. The van der Waals surface area contributed by atoms with Crippen LogP contribution in [0.1, 0.15) is 39.0 Å². The number of hydrogen-bond acceptors (Lipinski definition) is 4. The number of aliphatic imine (C=N–C) groups is 1. The normalized spacial score (nSPS) is 16.0. The number of likely N-dealkylation sites (tertiary alicyclic amines) is 1. The number of carbonyl (C=O) groups is 1. The molecule has 0 aromatic carbocycles. The van der Waals surface area contributed by atoms with E-state index >= 15 is 0 Å². The molecule has 158 valence electrons. The highest BCUT2D eigenvalue weighted by Crippen LogP contribution is 2.30. The van der Waals surface area contributed by atoms with Gasteiger partial charge in [0.05, 0.1) is 12.6 Å². The second-order valence-corrected chi connectivity index (χ2v) is 7.60. The van der Waals surface area contributed by atoms with E-state index in [4.69, 9.17) is 4.74 Å². The third kappa shape index (κ3) is 6.03. The van der Waals surface area contributed by atoms with Crippen molar-refractivity contribution in [3.63, 3.8) is 0 Å². The molecule has 11 heteroatoms. The molecule has 2 rings (SSSR count). The number of ether oxygens (including phenoxy) is 1. The van der Waals surface area contributed by atoms with Crippen molar-refractivity contribution in [2.24, 2.45) is 12.0 Å². The molecule has 0 radical (unpaired) electrons. The minimum atomic E-state index is -4.53. The number of rotatable bonds is 4. The van der Waals surface area contributed by atoms with Crippen molar-refractivity contribution in [3.05, 3.63) is 17.5 Å². The highest BCUT2D eigenvalue weighted by molar-refractivity contribution is 5.80. The van der Waals surface area contributed by atoms with Crippen LogP contribution in [0.3, 0.4) is 0 Å². The van der Waals surface area contributed by atoms with Crippen LogP contribution in [0.25, 0.3) is 0 Å². The maximum atomic E-state index is 13.0. The van der Waals surface area contributed by atoms with Gasteiger partial charge in [0.1, 0.15) is 5.60 Å². The molecule has 1 aromatic heterocycles. The first-order chi connectivity index (χ1) is 12.9. The smallest absolute Gasteiger partial charge is 0.435 e. The molecule has 0 atom stereocenters. The molecule has 1 aliphatic heterocycles. The van der Waals surface area contributed by atoms with E-state index in [0.717, 1.165) is 4.68 Å². The molecule has 0 unspecified atom stereocenters. The summed E-state index contributed by atoms with van der Waals surface area (Å²) in [6.45, 7) is 8.49. The molecule has 2 N–H and O–H groups in total. The van der Waals surface area contributed by atoms with Crippen LogP contribution in [-0.4, -0.2) is 58.0 Å². The lowest BCUT2D eigenvalue weighted by Gasteiger charge is -2.40. The Labute approximate surface area is 162 Å². The van der Waals surface area contributed by atoms with Gasteiger partial charge in [0.15, 0.2) is 11.7 Å². The van der Waals surface area contributed by atoms with Crippen LogP contribution in [0.2, 0.25) is 0 Å². The zero-order valence-corrected chi connectivity index (χ0v) is 16.7. The van der Waals surface area contributed by atoms with E-state index in [1.54, 1.807) is 25.7 Å². The predicted molar refractivity (Wildman–Crippen MR) is 97.8 cm³/mol. The molecule has 0 spiro atoms. The molecule has 1 aliphatic rings. The number of nitrogens with one attached hydrogen (secondary N) is 2. The van der Waals surface area contributed by atoms with Gasteiger partial charge in [-0.1, -0.05) is 0 Å². The van der Waals surface area contributed by atoms with Crippen molar-refractivity contribution in [3.8, 4) is 0 Å². The first-order valence-corrected chi connectivity index (χ1v) is 9.01. The number of hydrogen-bond donors (Lipinski definition) is 2. The Hall–Kier alpha value is -2.46. The van der Waals surface area contributed by atoms with Gasteiger partial charge in [-0.2, -0.15) is 18.3 Å². The molecule has 0 bridgehead atoms. The molecular formula is C17H27F3N6O2. The average Bonchev–Trinajstić information content (AvgIpc) is 2.87. The largest absolute Gasteiger partial charge is 0.444 e. The second kappa shape index (κ2) is 8.27. The summed E-state index contributed by atoms with van der Waals surface area (Å²) in [6, 6.07) is -0.0543. The Kier molecular flexibility index (Phi) is 6.45. The highest BCUT2D eigenvalue weighted by Gasteiger charge is 2.37. The lowest BCUT2D eigenvalue weighted by atomic mass is 10.1. The van der Waals surface area contributed by atoms with Crippen LogP contribution in [-0.2, 0) is 24.5 Å². The summed E-state index contributed by atoms with van der Waals surface area (Å²) < 4.78 is 45.5. The summed E-state index contributed by atoms with van der Waals surface area (Å²) >= 11 is 0. The monoisotopic (exact) mass is 404 g/mol. The molecule has 0 saturated carbocycles. The van der Waals surface area contributed by atoms with Crippen molar-refractivity contribution in [1.82, 2.24) is 25.3 Å². The number of carbonyl (C=O) groups excluding carboxylic acids is 1. The Morgan fingerprint density at radius 3 is 2.54 bits per heavy atom. The van der Waals surface area contributed by atoms with E-state index < -0.39 is 23.6 Å². The molecule has 1 saturated heterocycles. The van der Waals surface area contributed by atoms with E-state index in [2.05, 4.69) is 20.7 Å². The molecule has 28 heavy (non-hydrogen) atoms. The highest BCUT2D eigenvalue weighted by atomic mass is 19.4. The number of guanidine groups is 1. The molecule has 1 amide bonds. The number of alkyl halides is 3. The summed E-state index contributed by atoms with van der Waals surface area (Å²) in [4.78, 5) is 17.7. The Balaban J connectivity index is 1.95. The van der Waals surface area contributed by atoms with Crippen molar-refractivity contribution >= 4 is 12.1 Å². The molecular weight excluding hydrogens is 377 g/mol. The van der Waals surface area contributed by atoms with Crippen LogP contribution in [0.4, 0.5) is 18.0 Å². The maximum absolute atomic E-state index is 13.0. The van der Waals surface area contributed by atoms with E-state index in [0.29, 0.717) is 25.6 Å². The number of amides is 1. The Morgan fingerprint density at radius 1 is 1.36 bits per heavy atom. The first-order valence-electron chi connectivity index (χ1n) is 9.01. The number of nitrogens with zero attached hydrogens (tertiary/aromatic N) is 4. The van der Waals surface area contributed by atoms with E-state index in [-0.39, 0.29) is 18.2 Å². The standard InChI is InChI=1S/C17H27F3N6O2/c1-6-21-14(22-7-11-8-25(5)24-13(11)17(18,19)20)23-12-9-26(10-12)15(27)28-16(2,3)4/h8,12H,6-7,9-10H2,1-5H3,(H2,21,22,23). The number of halogens is 3. The molecule has 0 aliphatic carbocycles. The van der Waals surface area contributed by atoms with Gasteiger partial charge in [-0.05, 0) is 27.7 Å². The van der Waals surface area contributed by atoms with Crippen LogP contribution < -0.4 is 10.6 Å². The van der Waals surface area contributed by atoms with Gasteiger partial charge < -0.3 is 20.3 Å². The fraction of sp³-hybridized carbons (Fsp3) is 0.706. The van der Waals surface area contributed by atoms with Crippen molar-refractivity contribution in [1.29, 1.82) is 0 Å². The number of aromatic nitrogens is 2. The van der Waals surface area contributed by atoms with Gasteiger partial charge in [0.25, 0.3) is 0 Å². The summed E-state index contributed by atoms with van der Waals surface area (Å²) in [6.07, 6.45) is -3.61. The van der Waals surface area contributed by atoms with E-state index in [1.165, 1.54) is 13.2 Å². The molecule has 2 heterocycles. The van der Waals surface area contributed by atoms with Crippen molar-refractivity contribution in [2.45, 2.75) is 52.1 Å². The van der Waals surface area contributed by atoms with Gasteiger partial charge in [0, 0.05) is 38.4 Å². The SMILES string of the molecule is CCNC(=NCc1cn(C)nc1C(F)(F)F)NC1CN(C(=O)OC(C)(C)C)C1. The molecule has 8 nitrogen and oxygen atoms in total. The summed E-state index contributed by atoms with van der Waals surface area (Å²) in [5, 5.41) is 9.59. The van der Waals surface area contributed by atoms with Crippen LogP contribution >= 0.6 is 0 Å². The average molecular weight is 404 g/mol.